The van der Waals surface area contributed by atoms with Gasteiger partial charge in [0.25, 0.3) is 5.91 Å². The maximum atomic E-state index is 12.7. The standard InChI is InChI=1S/C24H31N5O2/c1-24(2,3)22-17(13-26-28-22)15-29-10-8-16(14-29)21-12-19(23(31)25-9-11-30)18-6-4-5-7-20(18)27-21/h4-7,12-13,16,30H,8-11,14-15H2,1-3H3,(H,25,31)(H,26,28)/t16-/m1/s1. The van der Waals surface area contributed by atoms with Gasteiger partial charge in [-0.3, -0.25) is 19.8 Å². The Labute approximate surface area is 182 Å². The molecule has 3 heterocycles. The molecule has 2 aromatic heterocycles. The van der Waals surface area contributed by atoms with Gasteiger partial charge in [-0.15, -0.1) is 0 Å². The maximum Gasteiger partial charge on any atom is 0.252 e. The van der Waals surface area contributed by atoms with E-state index in [1.165, 1.54) is 11.3 Å². The van der Waals surface area contributed by atoms with Crippen LogP contribution in [0.5, 0.6) is 0 Å². The molecule has 164 valence electrons. The predicted octanol–water partition coefficient (Wildman–Crippen LogP) is 2.97. The van der Waals surface area contributed by atoms with Gasteiger partial charge in [0.2, 0.25) is 0 Å². The van der Waals surface area contributed by atoms with Gasteiger partial charge in [-0.25, -0.2) is 0 Å². The highest BCUT2D eigenvalue weighted by Gasteiger charge is 2.28. The Kier molecular flexibility index (Phi) is 6.07. The second-order valence-electron chi connectivity index (χ2n) is 9.33. The van der Waals surface area contributed by atoms with Gasteiger partial charge in [0.1, 0.15) is 0 Å². The van der Waals surface area contributed by atoms with Crippen LogP contribution < -0.4 is 5.32 Å². The Morgan fingerprint density at radius 1 is 1.32 bits per heavy atom. The average molecular weight is 422 g/mol. The van der Waals surface area contributed by atoms with Crippen LogP contribution in [0, 0.1) is 0 Å². The molecule has 1 amide bonds. The highest BCUT2D eigenvalue weighted by molar-refractivity contribution is 6.06. The van der Waals surface area contributed by atoms with Gasteiger partial charge in [-0.1, -0.05) is 39.0 Å². The average Bonchev–Trinajstić information content (AvgIpc) is 3.41. The third-order valence-electron chi connectivity index (χ3n) is 5.93. The zero-order chi connectivity index (χ0) is 22.0. The summed E-state index contributed by atoms with van der Waals surface area (Å²) in [6.45, 7) is 9.49. The summed E-state index contributed by atoms with van der Waals surface area (Å²) in [7, 11) is 0. The van der Waals surface area contributed by atoms with E-state index in [-0.39, 0.29) is 30.4 Å². The summed E-state index contributed by atoms with van der Waals surface area (Å²) in [5, 5.41) is 20.1. The van der Waals surface area contributed by atoms with Crippen molar-refractivity contribution in [2.24, 2.45) is 0 Å². The highest BCUT2D eigenvalue weighted by Crippen LogP contribution is 2.31. The second kappa shape index (κ2) is 8.77. The van der Waals surface area contributed by atoms with Crippen molar-refractivity contribution in [2.45, 2.75) is 45.1 Å². The highest BCUT2D eigenvalue weighted by atomic mass is 16.3. The van der Waals surface area contributed by atoms with E-state index in [0.717, 1.165) is 42.7 Å². The van der Waals surface area contributed by atoms with Crippen molar-refractivity contribution in [1.29, 1.82) is 0 Å². The molecule has 1 aliphatic rings. The zero-order valence-corrected chi connectivity index (χ0v) is 18.5. The topological polar surface area (TPSA) is 94.1 Å². The molecule has 3 aromatic rings. The number of H-pyrrole nitrogens is 1. The van der Waals surface area contributed by atoms with Crippen LogP contribution in [0.2, 0.25) is 0 Å². The summed E-state index contributed by atoms with van der Waals surface area (Å²) < 4.78 is 0. The van der Waals surface area contributed by atoms with Crippen molar-refractivity contribution < 1.29 is 9.90 Å². The summed E-state index contributed by atoms with van der Waals surface area (Å²) in [4.78, 5) is 20.1. The molecule has 4 rings (SSSR count). The van der Waals surface area contributed by atoms with Crippen LogP contribution in [0.1, 0.15) is 60.4 Å². The van der Waals surface area contributed by atoms with E-state index in [0.29, 0.717) is 5.56 Å². The number of nitrogens with one attached hydrogen (secondary N) is 2. The van der Waals surface area contributed by atoms with E-state index >= 15 is 0 Å². The van der Waals surface area contributed by atoms with Gasteiger partial charge >= 0.3 is 0 Å². The van der Waals surface area contributed by atoms with E-state index in [1.807, 2.05) is 36.5 Å². The molecule has 1 fully saturated rings. The first-order valence-electron chi connectivity index (χ1n) is 10.9. The Morgan fingerprint density at radius 2 is 2.13 bits per heavy atom. The molecule has 0 unspecified atom stereocenters. The summed E-state index contributed by atoms with van der Waals surface area (Å²) in [5.41, 5.74) is 4.86. The predicted molar refractivity (Wildman–Crippen MR) is 121 cm³/mol. The molecular formula is C24H31N5O2. The number of carbonyl (C=O) groups excluding carboxylic acids is 1. The summed E-state index contributed by atoms with van der Waals surface area (Å²) in [6.07, 6.45) is 2.94. The molecule has 3 N–H and O–H groups in total. The van der Waals surface area contributed by atoms with Crippen LogP contribution in [0.25, 0.3) is 10.9 Å². The summed E-state index contributed by atoms with van der Waals surface area (Å²) in [5.74, 6) is 0.107. The molecular weight excluding hydrogens is 390 g/mol. The minimum absolute atomic E-state index is 0.0295. The van der Waals surface area contributed by atoms with E-state index in [4.69, 9.17) is 10.1 Å². The van der Waals surface area contributed by atoms with Gasteiger partial charge in [0.05, 0.1) is 23.9 Å². The van der Waals surface area contributed by atoms with E-state index < -0.39 is 0 Å². The molecule has 1 saturated heterocycles. The molecule has 1 atom stereocenters. The van der Waals surface area contributed by atoms with Gasteiger partial charge in [0, 0.05) is 53.3 Å². The molecule has 1 aliphatic heterocycles. The van der Waals surface area contributed by atoms with Crippen molar-refractivity contribution in [3.05, 3.63) is 59.0 Å². The number of rotatable bonds is 6. The van der Waals surface area contributed by atoms with Crippen LogP contribution in [-0.4, -0.2) is 57.3 Å². The zero-order valence-electron chi connectivity index (χ0n) is 18.5. The largest absolute Gasteiger partial charge is 0.395 e. The fourth-order valence-corrected chi connectivity index (χ4v) is 4.40. The number of aliphatic hydroxyl groups is 1. The van der Waals surface area contributed by atoms with Gasteiger partial charge < -0.3 is 10.4 Å². The maximum absolute atomic E-state index is 12.7. The number of nitrogens with zero attached hydrogens (tertiary/aromatic N) is 3. The van der Waals surface area contributed by atoms with Crippen LogP contribution >= 0.6 is 0 Å². The lowest BCUT2D eigenvalue weighted by molar-refractivity contribution is 0.0946. The Hall–Kier alpha value is -2.77. The lowest BCUT2D eigenvalue weighted by Crippen LogP contribution is -2.27. The third-order valence-corrected chi connectivity index (χ3v) is 5.93. The smallest absolute Gasteiger partial charge is 0.252 e. The van der Waals surface area contributed by atoms with E-state index in [9.17, 15) is 4.79 Å². The van der Waals surface area contributed by atoms with Gasteiger partial charge in [0.15, 0.2) is 0 Å². The van der Waals surface area contributed by atoms with E-state index in [1.54, 1.807) is 0 Å². The normalized spacial score (nSPS) is 17.4. The van der Waals surface area contributed by atoms with Gasteiger partial charge in [-0.2, -0.15) is 5.10 Å². The number of likely N-dealkylation sites (tertiary alicyclic amines) is 1. The number of carbonyl (C=O) groups is 1. The Balaban J connectivity index is 1.56. The van der Waals surface area contributed by atoms with Crippen LogP contribution in [0.15, 0.2) is 36.5 Å². The molecule has 0 radical (unpaired) electrons. The van der Waals surface area contributed by atoms with Crippen LogP contribution in [-0.2, 0) is 12.0 Å². The first-order valence-corrected chi connectivity index (χ1v) is 10.9. The number of aromatic amines is 1. The molecule has 0 spiro atoms. The molecule has 0 bridgehead atoms. The molecule has 7 nitrogen and oxygen atoms in total. The number of pyridine rings is 1. The quantitative estimate of drug-likeness (QED) is 0.569. The van der Waals surface area contributed by atoms with Crippen molar-refractivity contribution in [3.63, 3.8) is 0 Å². The summed E-state index contributed by atoms with van der Waals surface area (Å²) >= 11 is 0. The Bertz CT molecular complexity index is 1070. The second-order valence-corrected chi connectivity index (χ2v) is 9.33. The molecule has 7 heteroatoms. The van der Waals surface area contributed by atoms with Crippen molar-refractivity contribution in [2.75, 3.05) is 26.2 Å². The first-order chi connectivity index (χ1) is 14.9. The van der Waals surface area contributed by atoms with E-state index in [2.05, 4.69) is 41.2 Å². The van der Waals surface area contributed by atoms with Crippen molar-refractivity contribution >= 4 is 16.8 Å². The van der Waals surface area contributed by atoms with Crippen molar-refractivity contribution in [3.8, 4) is 0 Å². The van der Waals surface area contributed by atoms with Crippen LogP contribution in [0.4, 0.5) is 0 Å². The minimum Gasteiger partial charge on any atom is -0.395 e. The number of aliphatic hydroxyl groups excluding tert-OH is 1. The lowest BCUT2D eigenvalue weighted by Gasteiger charge is -2.21. The first kappa shape index (κ1) is 21.5. The Morgan fingerprint density at radius 3 is 2.90 bits per heavy atom. The molecule has 0 aliphatic carbocycles. The van der Waals surface area contributed by atoms with Gasteiger partial charge in [-0.05, 0) is 25.1 Å². The summed E-state index contributed by atoms with van der Waals surface area (Å²) in [6, 6.07) is 9.68. The monoisotopic (exact) mass is 421 g/mol. The number of hydrogen-bond acceptors (Lipinski definition) is 5. The fraction of sp³-hybridized carbons (Fsp3) is 0.458. The number of fused-ring (bicyclic) bond motifs is 1. The number of para-hydroxylation sites is 1. The molecule has 31 heavy (non-hydrogen) atoms. The lowest BCUT2D eigenvalue weighted by atomic mass is 9.89. The number of amides is 1. The SMILES string of the molecule is CC(C)(C)c1[nH]ncc1CN1CC[C@@H](c2cc(C(=O)NCCO)c3ccccc3n2)C1. The number of aromatic nitrogens is 3. The van der Waals surface area contributed by atoms with Crippen LogP contribution in [0.3, 0.4) is 0 Å². The third kappa shape index (κ3) is 4.62. The van der Waals surface area contributed by atoms with Crippen molar-refractivity contribution in [1.82, 2.24) is 25.4 Å². The number of hydrogen-bond donors (Lipinski definition) is 3. The molecule has 1 aromatic carbocycles. The molecule has 0 saturated carbocycles. The fourth-order valence-electron chi connectivity index (χ4n) is 4.40. The number of benzene rings is 1. The minimum atomic E-state index is -0.169.